The first-order chi connectivity index (χ1) is 12.1. The van der Waals surface area contributed by atoms with Gasteiger partial charge in [-0.05, 0) is 37.7 Å². The number of aromatic nitrogens is 2. The number of hydrogen-bond acceptors (Lipinski definition) is 5. The van der Waals surface area contributed by atoms with Gasteiger partial charge < -0.3 is 14.8 Å². The summed E-state index contributed by atoms with van der Waals surface area (Å²) in [5.41, 5.74) is 0.426. The highest BCUT2D eigenvalue weighted by Crippen LogP contribution is 2.31. The summed E-state index contributed by atoms with van der Waals surface area (Å²) < 4.78 is 11.8. The van der Waals surface area contributed by atoms with Gasteiger partial charge >= 0.3 is 5.97 Å². The summed E-state index contributed by atoms with van der Waals surface area (Å²) in [6, 6.07) is 1.04. The third kappa shape index (κ3) is 5.29. The highest BCUT2D eigenvalue weighted by molar-refractivity contribution is 5.95. The van der Waals surface area contributed by atoms with Crippen molar-refractivity contribution < 1.29 is 19.1 Å². The maximum atomic E-state index is 12.7. The zero-order valence-corrected chi connectivity index (χ0v) is 15.4. The summed E-state index contributed by atoms with van der Waals surface area (Å²) in [7, 11) is 1.60. The number of rotatable bonds is 8. The van der Waals surface area contributed by atoms with Gasteiger partial charge in [-0.25, -0.2) is 4.79 Å². The molecule has 7 heteroatoms. The van der Waals surface area contributed by atoms with Gasteiger partial charge in [0.05, 0.1) is 19.8 Å². The molecule has 1 fully saturated rings. The van der Waals surface area contributed by atoms with Crippen LogP contribution >= 0.6 is 0 Å². The molecule has 0 unspecified atom stereocenters. The van der Waals surface area contributed by atoms with Gasteiger partial charge in [-0.1, -0.05) is 19.8 Å². The Balaban J connectivity index is 2.09. The van der Waals surface area contributed by atoms with Crippen LogP contribution in [-0.2, 0) is 20.8 Å². The smallest absolute Gasteiger partial charge is 0.328 e. The molecule has 1 N–H and O–H groups in total. The van der Waals surface area contributed by atoms with Gasteiger partial charge in [0.2, 0.25) is 0 Å². The molecule has 0 aromatic carbocycles. The van der Waals surface area contributed by atoms with Gasteiger partial charge in [0.15, 0.2) is 0 Å². The first-order valence-electron chi connectivity index (χ1n) is 9.05. The van der Waals surface area contributed by atoms with E-state index in [4.69, 9.17) is 9.47 Å². The Kier molecular flexibility index (Phi) is 7.43. The molecular weight excluding hydrogens is 322 g/mol. The molecule has 0 saturated heterocycles. The lowest BCUT2D eigenvalue weighted by Gasteiger charge is -2.31. The molecule has 1 aliphatic carbocycles. The van der Waals surface area contributed by atoms with E-state index >= 15 is 0 Å². The lowest BCUT2D eigenvalue weighted by molar-refractivity contribution is -0.147. The number of methoxy groups -OCH3 is 1. The summed E-state index contributed by atoms with van der Waals surface area (Å²) in [5.74, 6) is 0.142. The quantitative estimate of drug-likeness (QED) is 0.725. The third-order valence-electron chi connectivity index (χ3n) is 4.82. The third-order valence-corrected chi connectivity index (χ3v) is 4.82. The van der Waals surface area contributed by atoms with Gasteiger partial charge in [0.1, 0.15) is 11.7 Å². The second kappa shape index (κ2) is 9.56. The Bertz CT molecular complexity index is 564. The van der Waals surface area contributed by atoms with Crippen molar-refractivity contribution in [3.8, 4) is 0 Å². The van der Waals surface area contributed by atoms with Crippen LogP contribution in [0, 0.1) is 11.8 Å². The second-order valence-electron chi connectivity index (χ2n) is 6.66. The number of hydrogen-bond donors (Lipinski definition) is 1. The maximum Gasteiger partial charge on any atom is 0.328 e. The zero-order chi connectivity index (χ0) is 18.2. The Morgan fingerprint density at radius 3 is 2.72 bits per heavy atom. The molecule has 0 spiro atoms. The van der Waals surface area contributed by atoms with E-state index in [0.29, 0.717) is 31.4 Å². The lowest BCUT2D eigenvalue weighted by Crippen LogP contribution is -2.48. The van der Waals surface area contributed by atoms with Crippen molar-refractivity contribution in [1.29, 1.82) is 0 Å². The van der Waals surface area contributed by atoms with E-state index in [-0.39, 0.29) is 17.8 Å². The average molecular weight is 351 g/mol. The molecule has 1 atom stereocenters. The standard InChI is InChI=1S/C18H29N3O4/c1-4-25-18(23)16(14-7-5-13(2)6-8-14)20-17(22)15-9-10-19-21(15)11-12-24-3/h9-10,13-14,16H,4-8,11-12H2,1-3H3,(H,20,22)/t13?,14?,16-/m0/s1. The van der Waals surface area contributed by atoms with Crippen LogP contribution in [0.5, 0.6) is 0 Å². The van der Waals surface area contributed by atoms with E-state index in [9.17, 15) is 9.59 Å². The maximum absolute atomic E-state index is 12.7. The van der Waals surface area contributed by atoms with Crippen LogP contribution in [0.15, 0.2) is 12.3 Å². The first kappa shape index (κ1) is 19.4. The Morgan fingerprint density at radius 1 is 1.36 bits per heavy atom. The summed E-state index contributed by atoms with van der Waals surface area (Å²) in [6.07, 6.45) is 5.57. The van der Waals surface area contributed by atoms with E-state index in [0.717, 1.165) is 25.7 Å². The van der Waals surface area contributed by atoms with E-state index in [1.54, 1.807) is 31.0 Å². The molecule has 0 radical (unpaired) electrons. The molecule has 1 amide bonds. The van der Waals surface area contributed by atoms with Gasteiger partial charge in [-0.15, -0.1) is 0 Å². The molecule has 1 aliphatic rings. The molecule has 0 aliphatic heterocycles. The van der Waals surface area contributed by atoms with Crippen LogP contribution in [-0.4, -0.2) is 48.0 Å². The summed E-state index contributed by atoms with van der Waals surface area (Å²) >= 11 is 0. The van der Waals surface area contributed by atoms with Crippen LogP contribution < -0.4 is 5.32 Å². The predicted octanol–water partition coefficient (Wildman–Crippen LogP) is 2.02. The summed E-state index contributed by atoms with van der Waals surface area (Å²) in [6.45, 7) is 5.25. The number of ether oxygens (including phenoxy) is 2. The SMILES string of the molecule is CCOC(=O)[C@@H](NC(=O)c1ccnn1CCOC)C1CCC(C)CC1. The van der Waals surface area contributed by atoms with Crippen molar-refractivity contribution in [2.24, 2.45) is 11.8 Å². The van der Waals surface area contributed by atoms with Crippen molar-refractivity contribution in [3.63, 3.8) is 0 Å². The summed E-state index contributed by atoms with van der Waals surface area (Å²) in [4.78, 5) is 25.1. The molecule has 1 aromatic heterocycles. The number of nitrogens with zero attached hydrogens (tertiary/aromatic N) is 2. The fourth-order valence-corrected chi connectivity index (χ4v) is 3.32. The van der Waals surface area contributed by atoms with E-state index in [2.05, 4.69) is 17.3 Å². The van der Waals surface area contributed by atoms with Crippen LogP contribution in [0.3, 0.4) is 0 Å². The Morgan fingerprint density at radius 2 is 2.08 bits per heavy atom. The largest absolute Gasteiger partial charge is 0.464 e. The second-order valence-corrected chi connectivity index (χ2v) is 6.66. The lowest BCUT2D eigenvalue weighted by atomic mass is 9.79. The first-order valence-corrected chi connectivity index (χ1v) is 9.05. The molecular formula is C18H29N3O4. The minimum atomic E-state index is -0.606. The topological polar surface area (TPSA) is 82.5 Å². The number of amides is 1. The molecule has 0 bridgehead atoms. The molecule has 2 rings (SSSR count). The molecule has 1 aromatic rings. The molecule has 7 nitrogen and oxygen atoms in total. The van der Waals surface area contributed by atoms with Crippen molar-refractivity contribution in [1.82, 2.24) is 15.1 Å². The molecule has 1 saturated carbocycles. The number of esters is 1. The van der Waals surface area contributed by atoms with Crippen molar-refractivity contribution in [3.05, 3.63) is 18.0 Å². The monoisotopic (exact) mass is 351 g/mol. The molecule has 25 heavy (non-hydrogen) atoms. The fourth-order valence-electron chi connectivity index (χ4n) is 3.32. The van der Waals surface area contributed by atoms with Crippen molar-refractivity contribution >= 4 is 11.9 Å². The van der Waals surface area contributed by atoms with Crippen LogP contribution in [0.25, 0.3) is 0 Å². The number of carbonyl (C=O) groups excluding carboxylic acids is 2. The van der Waals surface area contributed by atoms with Crippen LogP contribution in [0.2, 0.25) is 0 Å². The van der Waals surface area contributed by atoms with Crippen molar-refractivity contribution in [2.75, 3.05) is 20.3 Å². The highest BCUT2D eigenvalue weighted by atomic mass is 16.5. The Labute approximate surface area is 149 Å². The summed E-state index contributed by atoms with van der Waals surface area (Å²) in [5, 5.41) is 7.04. The minimum Gasteiger partial charge on any atom is -0.464 e. The normalized spacial score (nSPS) is 21.6. The predicted molar refractivity (Wildman–Crippen MR) is 93.1 cm³/mol. The fraction of sp³-hybridized carbons (Fsp3) is 0.722. The average Bonchev–Trinajstić information content (AvgIpc) is 3.07. The van der Waals surface area contributed by atoms with E-state index in [1.165, 1.54) is 0 Å². The Hall–Kier alpha value is -1.89. The zero-order valence-electron chi connectivity index (χ0n) is 15.4. The molecule has 140 valence electrons. The minimum absolute atomic E-state index is 0.120. The van der Waals surface area contributed by atoms with Gasteiger partial charge in [-0.2, -0.15) is 5.10 Å². The highest BCUT2D eigenvalue weighted by Gasteiger charge is 2.34. The number of carbonyl (C=O) groups is 2. The molecule has 1 heterocycles. The van der Waals surface area contributed by atoms with Gasteiger partial charge in [0, 0.05) is 13.3 Å². The van der Waals surface area contributed by atoms with Crippen LogP contribution in [0.4, 0.5) is 0 Å². The van der Waals surface area contributed by atoms with Gasteiger partial charge in [-0.3, -0.25) is 9.48 Å². The van der Waals surface area contributed by atoms with E-state index < -0.39 is 6.04 Å². The number of nitrogens with one attached hydrogen (secondary N) is 1. The van der Waals surface area contributed by atoms with Gasteiger partial charge in [0.25, 0.3) is 5.91 Å². The van der Waals surface area contributed by atoms with E-state index in [1.807, 2.05) is 0 Å². The van der Waals surface area contributed by atoms with Crippen LogP contribution in [0.1, 0.15) is 50.0 Å². The van der Waals surface area contributed by atoms with Crippen molar-refractivity contribution in [2.45, 2.75) is 52.1 Å².